The number of methoxy groups -OCH3 is 1. The van der Waals surface area contributed by atoms with Crippen molar-refractivity contribution in [1.29, 1.82) is 0 Å². The molecule has 1 unspecified atom stereocenters. The monoisotopic (exact) mass is 603 g/mol. The molecule has 4 aromatic rings. The summed E-state index contributed by atoms with van der Waals surface area (Å²) in [5.41, 5.74) is 3.49. The number of amides is 2. The van der Waals surface area contributed by atoms with E-state index in [9.17, 15) is 13.2 Å². The lowest BCUT2D eigenvalue weighted by molar-refractivity contribution is 0.109. The van der Waals surface area contributed by atoms with Crippen molar-refractivity contribution < 1.29 is 22.7 Å². The summed E-state index contributed by atoms with van der Waals surface area (Å²) in [6.07, 6.45) is 5.65. The molecule has 1 atom stereocenters. The molecule has 1 saturated heterocycles. The fraction of sp³-hybridized carbons (Fsp3) is 0.382. The van der Waals surface area contributed by atoms with Crippen LogP contribution in [-0.2, 0) is 16.6 Å². The quantitative estimate of drug-likeness (QED) is 0.161. The number of hydrogen-bond donors (Lipinski definition) is 0. The van der Waals surface area contributed by atoms with Crippen LogP contribution in [0.2, 0.25) is 0 Å². The Balaban J connectivity index is 1.35. The van der Waals surface area contributed by atoms with E-state index in [4.69, 9.17) is 9.47 Å². The molecule has 0 saturated carbocycles. The Labute approximate surface area is 254 Å². The molecular weight excluding hydrogens is 562 g/mol. The molecule has 0 aliphatic carbocycles. The molecule has 228 valence electrons. The van der Waals surface area contributed by atoms with Crippen LogP contribution >= 0.6 is 0 Å². The zero-order valence-electron chi connectivity index (χ0n) is 25.5. The first-order chi connectivity index (χ1) is 20.7. The van der Waals surface area contributed by atoms with Crippen molar-refractivity contribution in [3.05, 3.63) is 89.6 Å². The summed E-state index contributed by atoms with van der Waals surface area (Å²) < 4.78 is 39.8. The van der Waals surface area contributed by atoms with Crippen molar-refractivity contribution >= 4 is 27.0 Å². The van der Waals surface area contributed by atoms with Gasteiger partial charge in [-0.15, -0.1) is 0 Å². The Morgan fingerprint density at radius 3 is 2.49 bits per heavy atom. The van der Waals surface area contributed by atoms with Gasteiger partial charge in [0, 0.05) is 31.2 Å². The van der Waals surface area contributed by atoms with Crippen molar-refractivity contribution in [2.45, 2.75) is 63.9 Å². The summed E-state index contributed by atoms with van der Waals surface area (Å²) in [6.45, 7) is 8.44. The van der Waals surface area contributed by atoms with Crippen LogP contribution < -0.4 is 9.47 Å². The van der Waals surface area contributed by atoms with Crippen LogP contribution in [0.3, 0.4) is 0 Å². The van der Waals surface area contributed by atoms with Crippen molar-refractivity contribution in [2.75, 3.05) is 26.8 Å². The van der Waals surface area contributed by atoms with Crippen LogP contribution in [0.15, 0.2) is 77.8 Å². The molecule has 43 heavy (non-hydrogen) atoms. The zero-order valence-corrected chi connectivity index (χ0v) is 26.3. The van der Waals surface area contributed by atoms with Crippen LogP contribution in [-0.4, -0.2) is 55.0 Å². The lowest BCUT2D eigenvalue weighted by Crippen LogP contribution is -2.49. The minimum Gasteiger partial charge on any atom is -0.493 e. The Kier molecular flexibility index (Phi) is 9.30. The van der Waals surface area contributed by atoms with Crippen molar-refractivity contribution in [2.24, 2.45) is 0 Å². The molecule has 1 aliphatic rings. The van der Waals surface area contributed by atoms with Gasteiger partial charge in [-0.2, -0.15) is 0 Å². The van der Waals surface area contributed by atoms with E-state index in [1.165, 1.54) is 3.97 Å². The Morgan fingerprint density at radius 2 is 1.74 bits per heavy atom. The van der Waals surface area contributed by atoms with Gasteiger partial charge < -0.3 is 19.3 Å². The number of benzene rings is 3. The standard InChI is InChI=1S/C34H41N3O5S/c1-5-6-7-22-42-33-23-27(14-17-32(33)41-4)26(3)36-20-9-19-35(34(36)38)24-28-10-8-11-31-30(28)18-21-37(31)43(39,40)29-15-12-25(2)13-16-29/h8,10-18,21,23,26H,5-7,9,19-20,22,24H2,1-4H3. The third-order valence-electron chi connectivity index (χ3n) is 8.21. The van der Waals surface area contributed by atoms with E-state index in [1.807, 2.05) is 66.1 Å². The van der Waals surface area contributed by atoms with E-state index in [0.717, 1.165) is 47.8 Å². The second-order valence-corrected chi connectivity index (χ2v) is 13.0. The number of fused-ring (bicyclic) bond motifs is 1. The van der Waals surface area contributed by atoms with Crippen LogP contribution in [0.25, 0.3) is 10.9 Å². The third-order valence-corrected chi connectivity index (χ3v) is 9.92. The third kappa shape index (κ3) is 6.37. The Hall–Kier alpha value is -3.98. The van der Waals surface area contributed by atoms with Gasteiger partial charge in [0.1, 0.15) is 0 Å². The molecule has 0 bridgehead atoms. The predicted molar refractivity (Wildman–Crippen MR) is 169 cm³/mol. The van der Waals surface area contributed by atoms with Gasteiger partial charge in [0.25, 0.3) is 10.0 Å². The number of unbranched alkanes of at least 4 members (excludes halogenated alkanes) is 2. The number of rotatable bonds is 12. The number of hydrogen-bond acceptors (Lipinski definition) is 5. The van der Waals surface area contributed by atoms with E-state index >= 15 is 0 Å². The lowest BCUT2D eigenvalue weighted by Gasteiger charge is -2.39. The highest BCUT2D eigenvalue weighted by molar-refractivity contribution is 7.90. The molecule has 9 heteroatoms. The van der Waals surface area contributed by atoms with Crippen molar-refractivity contribution in [1.82, 2.24) is 13.8 Å². The predicted octanol–water partition coefficient (Wildman–Crippen LogP) is 7.15. The number of urea groups is 1. The van der Waals surface area contributed by atoms with Gasteiger partial charge >= 0.3 is 6.03 Å². The molecule has 0 radical (unpaired) electrons. The number of ether oxygens (including phenoxy) is 2. The number of nitrogens with zero attached hydrogens (tertiary/aromatic N) is 3. The number of carbonyl (C=O) groups is 1. The van der Waals surface area contributed by atoms with E-state index in [0.29, 0.717) is 43.3 Å². The van der Waals surface area contributed by atoms with Gasteiger partial charge in [-0.1, -0.05) is 55.7 Å². The fourth-order valence-electron chi connectivity index (χ4n) is 5.67. The first kappa shape index (κ1) is 30.5. The van der Waals surface area contributed by atoms with E-state index < -0.39 is 10.0 Å². The van der Waals surface area contributed by atoms with Gasteiger partial charge in [0.05, 0.1) is 30.2 Å². The lowest BCUT2D eigenvalue weighted by atomic mass is 10.0. The van der Waals surface area contributed by atoms with Crippen LogP contribution in [0.4, 0.5) is 4.79 Å². The highest BCUT2D eigenvalue weighted by Crippen LogP contribution is 2.34. The van der Waals surface area contributed by atoms with Crippen molar-refractivity contribution in [3.63, 3.8) is 0 Å². The molecular formula is C34H41N3O5S. The molecule has 1 aromatic heterocycles. The molecule has 1 aliphatic heterocycles. The van der Waals surface area contributed by atoms with Gasteiger partial charge in [0.2, 0.25) is 0 Å². The van der Waals surface area contributed by atoms with Crippen LogP contribution in [0, 0.1) is 6.92 Å². The minimum atomic E-state index is -3.76. The Morgan fingerprint density at radius 1 is 0.953 bits per heavy atom. The largest absolute Gasteiger partial charge is 0.493 e. The van der Waals surface area contributed by atoms with E-state index in [2.05, 4.69) is 6.92 Å². The summed E-state index contributed by atoms with van der Waals surface area (Å²) in [5.74, 6) is 1.38. The van der Waals surface area contributed by atoms with Gasteiger partial charge in [-0.05, 0) is 74.2 Å². The van der Waals surface area contributed by atoms with E-state index in [1.54, 1.807) is 37.6 Å². The normalized spacial score (nSPS) is 14.7. The number of aryl methyl sites for hydroxylation is 1. The zero-order chi connectivity index (χ0) is 30.6. The summed E-state index contributed by atoms with van der Waals surface area (Å²) in [7, 11) is -2.12. The van der Waals surface area contributed by atoms with Gasteiger partial charge in [-0.25, -0.2) is 17.2 Å². The second-order valence-electron chi connectivity index (χ2n) is 11.2. The molecule has 0 N–H and O–H groups in total. The summed E-state index contributed by atoms with van der Waals surface area (Å²) in [6, 6.07) is 20.0. The number of carbonyl (C=O) groups excluding carboxylic acids is 1. The summed E-state index contributed by atoms with van der Waals surface area (Å²) in [4.78, 5) is 17.8. The van der Waals surface area contributed by atoms with E-state index in [-0.39, 0.29) is 17.0 Å². The SMILES string of the molecule is CCCCCOc1cc(C(C)N2CCCN(Cc3cccc4c3ccn4S(=O)(=O)c3ccc(C)cc3)C2=O)ccc1OC. The maximum Gasteiger partial charge on any atom is 0.320 e. The average molecular weight is 604 g/mol. The van der Waals surface area contributed by atoms with Crippen LogP contribution in [0.1, 0.15) is 62.3 Å². The highest BCUT2D eigenvalue weighted by Gasteiger charge is 2.31. The fourth-order valence-corrected chi connectivity index (χ4v) is 7.02. The molecule has 0 spiro atoms. The molecule has 3 aromatic carbocycles. The van der Waals surface area contributed by atoms with Crippen LogP contribution in [0.5, 0.6) is 11.5 Å². The second kappa shape index (κ2) is 13.1. The average Bonchev–Trinajstić information content (AvgIpc) is 3.46. The highest BCUT2D eigenvalue weighted by atomic mass is 32.2. The molecule has 2 amide bonds. The molecule has 1 fully saturated rings. The van der Waals surface area contributed by atoms with Gasteiger partial charge in [0.15, 0.2) is 11.5 Å². The molecule has 5 rings (SSSR count). The smallest absolute Gasteiger partial charge is 0.320 e. The van der Waals surface area contributed by atoms with Crippen molar-refractivity contribution in [3.8, 4) is 11.5 Å². The number of aromatic nitrogens is 1. The first-order valence-corrected chi connectivity index (χ1v) is 16.5. The summed E-state index contributed by atoms with van der Waals surface area (Å²) in [5, 5.41) is 0.816. The maximum atomic E-state index is 13.8. The molecule has 8 nitrogen and oxygen atoms in total. The summed E-state index contributed by atoms with van der Waals surface area (Å²) >= 11 is 0. The van der Waals surface area contributed by atoms with Gasteiger partial charge in [-0.3, -0.25) is 0 Å². The Bertz CT molecular complexity index is 1680. The maximum absolute atomic E-state index is 13.8. The topological polar surface area (TPSA) is 81.1 Å². The molecule has 2 heterocycles. The minimum absolute atomic E-state index is 0.0382. The first-order valence-electron chi connectivity index (χ1n) is 15.0.